The Morgan fingerprint density at radius 2 is 1.92 bits per heavy atom. The second kappa shape index (κ2) is 13.5. The zero-order valence-electron chi connectivity index (χ0n) is 20.6. The predicted molar refractivity (Wildman–Crippen MR) is 141 cm³/mol. The molecule has 0 fully saturated rings. The van der Waals surface area contributed by atoms with Crippen LogP contribution in [0.15, 0.2) is 67.3 Å². The predicted octanol–water partition coefficient (Wildman–Crippen LogP) is 6.04. The molecular formula is C26H29FNO7PS. The summed E-state index contributed by atoms with van der Waals surface area (Å²) in [4.78, 5) is 25.1. The maximum atomic E-state index is 16.1. The van der Waals surface area contributed by atoms with E-state index in [-0.39, 0.29) is 31.1 Å². The molecule has 198 valence electrons. The summed E-state index contributed by atoms with van der Waals surface area (Å²) in [5, 5.41) is 3.13. The minimum Gasteiger partial charge on any atom is -0.464 e. The van der Waals surface area contributed by atoms with Crippen LogP contribution in [0.5, 0.6) is 5.75 Å². The van der Waals surface area contributed by atoms with Crippen LogP contribution in [0.1, 0.15) is 34.5 Å². The lowest BCUT2D eigenvalue weighted by Crippen LogP contribution is -2.41. The number of rotatable bonds is 14. The second-order valence-electron chi connectivity index (χ2n) is 7.94. The van der Waals surface area contributed by atoms with Gasteiger partial charge in [0.15, 0.2) is 0 Å². The van der Waals surface area contributed by atoms with Gasteiger partial charge in [-0.25, -0.2) is 14.3 Å². The first-order valence-electron chi connectivity index (χ1n) is 11.5. The highest BCUT2D eigenvalue weighted by atomic mass is 32.1. The number of halogens is 1. The van der Waals surface area contributed by atoms with E-state index in [4.69, 9.17) is 18.7 Å². The van der Waals surface area contributed by atoms with Gasteiger partial charge in [0.1, 0.15) is 23.3 Å². The van der Waals surface area contributed by atoms with Crippen molar-refractivity contribution in [3.8, 4) is 5.75 Å². The summed E-state index contributed by atoms with van der Waals surface area (Å²) in [6, 6.07) is 13.0. The average molecular weight is 550 g/mol. The molecule has 3 rings (SSSR count). The number of esters is 2. The van der Waals surface area contributed by atoms with Gasteiger partial charge in [-0.3, -0.25) is 9.36 Å². The van der Waals surface area contributed by atoms with E-state index in [9.17, 15) is 14.2 Å². The third-order valence-corrected chi connectivity index (χ3v) is 8.18. The van der Waals surface area contributed by atoms with Crippen LogP contribution in [0.2, 0.25) is 0 Å². The molecule has 1 heterocycles. The highest BCUT2D eigenvalue weighted by Gasteiger charge is 2.42. The Morgan fingerprint density at radius 3 is 2.59 bits per heavy atom. The van der Waals surface area contributed by atoms with Gasteiger partial charge in [-0.2, -0.15) is 0 Å². The van der Waals surface area contributed by atoms with Gasteiger partial charge in [-0.15, -0.1) is 11.3 Å². The van der Waals surface area contributed by atoms with Crippen LogP contribution in [-0.4, -0.2) is 44.9 Å². The van der Waals surface area contributed by atoms with Crippen LogP contribution in [-0.2, 0) is 23.6 Å². The highest BCUT2D eigenvalue weighted by molar-refractivity contribution is 7.57. The van der Waals surface area contributed by atoms with Crippen molar-refractivity contribution in [1.82, 2.24) is 5.09 Å². The van der Waals surface area contributed by atoms with Crippen LogP contribution >= 0.6 is 18.9 Å². The van der Waals surface area contributed by atoms with Crippen molar-refractivity contribution >= 4 is 40.9 Å². The number of alkyl halides is 1. The van der Waals surface area contributed by atoms with E-state index in [0.717, 1.165) is 0 Å². The van der Waals surface area contributed by atoms with Gasteiger partial charge in [0.25, 0.3) is 0 Å². The second-order valence-corrected chi connectivity index (χ2v) is 11.1. The highest BCUT2D eigenvalue weighted by Crippen LogP contribution is 2.58. The maximum Gasteiger partial charge on any atom is 0.355 e. The van der Waals surface area contributed by atoms with Gasteiger partial charge in [0.05, 0.1) is 13.2 Å². The Balaban J connectivity index is 1.95. The smallest absolute Gasteiger partial charge is 0.355 e. The fourth-order valence-corrected chi connectivity index (χ4v) is 6.15. The third kappa shape index (κ3) is 7.49. The summed E-state index contributed by atoms with van der Waals surface area (Å²) in [6.45, 7) is 5.35. The Kier molecular flexibility index (Phi) is 10.4. The first-order chi connectivity index (χ1) is 17.8. The Labute approximate surface area is 218 Å². The molecule has 0 saturated heterocycles. The summed E-state index contributed by atoms with van der Waals surface area (Å²) in [5.74, 6) is -3.26. The van der Waals surface area contributed by atoms with E-state index in [1.807, 2.05) is 6.92 Å². The normalized spacial score (nSPS) is 14.4. The molecule has 3 atom stereocenters. The van der Waals surface area contributed by atoms with Gasteiger partial charge >= 0.3 is 19.5 Å². The van der Waals surface area contributed by atoms with Gasteiger partial charge < -0.3 is 18.7 Å². The van der Waals surface area contributed by atoms with Crippen LogP contribution in [0.25, 0.3) is 10.1 Å². The number of methoxy groups -OCH3 is 1. The molecule has 37 heavy (non-hydrogen) atoms. The van der Waals surface area contributed by atoms with Crippen molar-refractivity contribution in [1.29, 1.82) is 0 Å². The van der Waals surface area contributed by atoms with Crippen molar-refractivity contribution in [3.05, 3.63) is 77.7 Å². The lowest BCUT2D eigenvalue weighted by atomic mass is 10.2. The molecule has 11 heteroatoms. The van der Waals surface area contributed by atoms with E-state index in [1.165, 1.54) is 48.8 Å². The molecule has 0 aliphatic carbocycles. The monoisotopic (exact) mass is 549 g/mol. The molecule has 0 spiro atoms. The van der Waals surface area contributed by atoms with Gasteiger partial charge in [-0.1, -0.05) is 43.8 Å². The van der Waals surface area contributed by atoms with E-state index >= 15 is 4.39 Å². The SMILES string of the molecule is C=CCOC(=O)c1cc2cc([C@H](F)P(=O)(N[C@@H](COC)C(=O)OCCC)Oc3ccccc3)ccc2s1. The molecule has 1 aromatic heterocycles. The standard InChI is InChI=1S/C26H29FNO7PS/c1-4-13-33-25(29)21(17-32-3)28-36(31,35-20-9-7-6-8-10-20)24(27)18-11-12-22-19(15-18)16-23(37-22)26(30)34-14-5-2/h5-12,15-16,21,24H,2,4,13-14,17H2,1,3H3,(H,28,31)/t21-,24+,36?/m0/s1. The molecule has 0 saturated carbocycles. The maximum absolute atomic E-state index is 16.1. The summed E-state index contributed by atoms with van der Waals surface area (Å²) in [7, 11) is -3.07. The number of nitrogens with one attached hydrogen (secondary N) is 1. The summed E-state index contributed by atoms with van der Waals surface area (Å²) in [6.07, 6.45) is 2.04. The first kappa shape index (κ1) is 28.5. The lowest BCUT2D eigenvalue weighted by Gasteiger charge is -2.27. The molecule has 1 unspecified atom stereocenters. The molecule has 0 radical (unpaired) electrons. The fourth-order valence-electron chi connectivity index (χ4n) is 3.33. The number of para-hydroxylation sites is 1. The summed E-state index contributed by atoms with van der Waals surface area (Å²) >= 11 is 1.19. The topological polar surface area (TPSA) is 100 Å². The van der Waals surface area contributed by atoms with Crippen LogP contribution in [0.4, 0.5) is 4.39 Å². The molecule has 3 aromatic rings. The molecular weight excluding hydrogens is 520 g/mol. The molecule has 0 aliphatic rings. The number of fused-ring (bicyclic) bond motifs is 1. The number of hydrogen-bond donors (Lipinski definition) is 1. The van der Waals surface area contributed by atoms with Crippen LogP contribution < -0.4 is 9.61 Å². The quantitative estimate of drug-likeness (QED) is 0.148. The minimum atomic E-state index is -4.43. The van der Waals surface area contributed by atoms with Crippen molar-refractivity contribution in [2.24, 2.45) is 0 Å². The number of thiophene rings is 1. The molecule has 0 aliphatic heterocycles. The molecule has 0 bridgehead atoms. The van der Waals surface area contributed by atoms with Gasteiger partial charge in [0, 0.05) is 11.8 Å². The lowest BCUT2D eigenvalue weighted by molar-refractivity contribution is -0.147. The van der Waals surface area contributed by atoms with Crippen molar-refractivity contribution in [3.63, 3.8) is 0 Å². The number of carbonyl (C=O) groups is 2. The fraction of sp³-hybridized carbons (Fsp3) is 0.308. The van der Waals surface area contributed by atoms with Crippen LogP contribution in [0, 0.1) is 0 Å². The van der Waals surface area contributed by atoms with E-state index < -0.39 is 31.4 Å². The van der Waals surface area contributed by atoms with Crippen molar-refractivity contribution in [2.75, 3.05) is 26.9 Å². The number of carbonyl (C=O) groups excluding carboxylic acids is 2. The van der Waals surface area contributed by atoms with E-state index in [2.05, 4.69) is 11.7 Å². The molecule has 8 nitrogen and oxygen atoms in total. The van der Waals surface area contributed by atoms with Crippen LogP contribution in [0.3, 0.4) is 0 Å². The largest absolute Gasteiger partial charge is 0.464 e. The zero-order chi connectivity index (χ0) is 26.8. The summed E-state index contributed by atoms with van der Waals surface area (Å²) < 4.78 is 51.9. The number of benzene rings is 2. The Bertz CT molecular complexity index is 1270. The summed E-state index contributed by atoms with van der Waals surface area (Å²) in [5.41, 5.74) is 0.0427. The average Bonchev–Trinajstić information content (AvgIpc) is 3.34. The zero-order valence-corrected chi connectivity index (χ0v) is 22.3. The molecule has 2 aromatic carbocycles. The van der Waals surface area contributed by atoms with Gasteiger partial charge in [-0.05, 0) is 47.7 Å². The number of hydrogen-bond acceptors (Lipinski definition) is 8. The van der Waals surface area contributed by atoms with Gasteiger partial charge in [0.2, 0.25) is 5.91 Å². The van der Waals surface area contributed by atoms with Crippen molar-refractivity contribution in [2.45, 2.75) is 25.3 Å². The third-order valence-electron chi connectivity index (χ3n) is 5.03. The number of ether oxygens (including phenoxy) is 3. The molecule has 1 N–H and O–H groups in total. The molecule has 0 amide bonds. The van der Waals surface area contributed by atoms with Crippen molar-refractivity contribution < 1.29 is 37.3 Å². The minimum absolute atomic E-state index is 0.0427. The Morgan fingerprint density at radius 1 is 1.16 bits per heavy atom. The first-order valence-corrected chi connectivity index (χ1v) is 14.1. The van der Waals surface area contributed by atoms with E-state index in [0.29, 0.717) is 21.4 Å². The van der Waals surface area contributed by atoms with E-state index in [1.54, 1.807) is 30.3 Å². The Hall–Kier alpha value is -3.04.